The van der Waals surface area contributed by atoms with E-state index in [1.54, 1.807) is 6.07 Å². The van der Waals surface area contributed by atoms with Crippen LogP contribution in [0.2, 0.25) is 0 Å². The molecule has 3 aliphatic heterocycles. The topological polar surface area (TPSA) is 41.6 Å². The smallest absolute Gasteiger partial charge is 0.407 e. The summed E-state index contributed by atoms with van der Waals surface area (Å²) in [5, 5.41) is 3.06. The van der Waals surface area contributed by atoms with E-state index in [0.29, 0.717) is 10.4 Å². The van der Waals surface area contributed by atoms with Crippen molar-refractivity contribution in [1.29, 1.82) is 0 Å². The van der Waals surface area contributed by atoms with E-state index in [1.807, 2.05) is 6.07 Å². The average Bonchev–Trinajstić information content (AvgIpc) is 2.60. The number of nitrogens with one attached hydrogen (secondary N) is 1. The van der Waals surface area contributed by atoms with Crippen molar-refractivity contribution < 1.29 is 13.9 Å². The van der Waals surface area contributed by atoms with Gasteiger partial charge in [-0.1, -0.05) is 13.8 Å². The molecule has 2 atom stereocenters. The molecule has 4 nitrogen and oxygen atoms in total. The summed E-state index contributed by atoms with van der Waals surface area (Å²) in [6.07, 6.45) is 3.63. The van der Waals surface area contributed by atoms with Gasteiger partial charge in [0, 0.05) is 6.54 Å². The molecule has 6 heteroatoms. The predicted octanol–water partition coefficient (Wildman–Crippen LogP) is 4.42. The van der Waals surface area contributed by atoms with Gasteiger partial charge in [-0.2, -0.15) is 0 Å². The van der Waals surface area contributed by atoms with Gasteiger partial charge in [-0.3, -0.25) is 4.90 Å². The fourth-order valence-corrected chi connectivity index (χ4v) is 5.11. The Kier molecular flexibility index (Phi) is 4.76. The first-order chi connectivity index (χ1) is 12.3. The molecule has 0 unspecified atom stereocenters. The molecule has 26 heavy (non-hydrogen) atoms. The van der Waals surface area contributed by atoms with Gasteiger partial charge < -0.3 is 10.1 Å². The van der Waals surface area contributed by atoms with Gasteiger partial charge in [-0.15, -0.1) is 0 Å². The minimum atomic E-state index is -0.377. The number of hydrogen-bond acceptors (Lipinski definition) is 3. The molecular formula is C20H26BrFN2O2. The van der Waals surface area contributed by atoms with Crippen molar-refractivity contribution in [3.63, 3.8) is 0 Å². The Morgan fingerprint density at radius 1 is 1.35 bits per heavy atom. The zero-order chi connectivity index (χ0) is 18.5. The first-order valence-electron chi connectivity index (χ1n) is 9.51. The minimum absolute atomic E-state index is 0.0228. The van der Waals surface area contributed by atoms with E-state index >= 15 is 0 Å². The molecule has 0 aromatic heterocycles. The maximum absolute atomic E-state index is 14.1. The van der Waals surface area contributed by atoms with Crippen molar-refractivity contribution in [3.05, 3.63) is 33.5 Å². The van der Waals surface area contributed by atoms with Crippen molar-refractivity contribution in [2.45, 2.75) is 51.7 Å². The van der Waals surface area contributed by atoms with E-state index < -0.39 is 0 Å². The molecule has 0 spiro atoms. The van der Waals surface area contributed by atoms with E-state index in [2.05, 4.69) is 40.0 Å². The quantitative estimate of drug-likeness (QED) is 0.763. The summed E-state index contributed by atoms with van der Waals surface area (Å²) in [7, 11) is 0. The third-order valence-electron chi connectivity index (χ3n) is 6.43. The van der Waals surface area contributed by atoms with Crippen LogP contribution in [-0.2, 0) is 11.2 Å². The van der Waals surface area contributed by atoms with Crippen molar-refractivity contribution >= 4 is 22.0 Å². The largest absolute Gasteiger partial charge is 0.445 e. The number of rotatable bonds is 2. The zero-order valence-electron chi connectivity index (χ0n) is 15.4. The van der Waals surface area contributed by atoms with Crippen molar-refractivity contribution in [3.8, 4) is 0 Å². The second-order valence-corrected chi connectivity index (χ2v) is 9.47. The number of benzene rings is 1. The number of carbonyl (C=O) groups excluding carboxylic acids is 1. The molecule has 0 saturated carbocycles. The number of nitrogens with zero attached hydrogens (tertiary/aromatic N) is 1. The Bertz CT molecular complexity index is 716. The molecule has 1 amide bonds. The van der Waals surface area contributed by atoms with Gasteiger partial charge in [-0.05, 0) is 89.3 Å². The van der Waals surface area contributed by atoms with E-state index in [4.69, 9.17) is 4.74 Å². The molecule has 142 valence electrons. The molecule has 1 aliphatic carbocycles. The van der Waals surface area contributed by atoms with Crippen LogP contribution >= 0.6 is 15.9 Å². The van der Waals surface area contributed by atoms with Crippen LogP contribution in [0.3, 0.4) is 0 Å². The molecule has 3 heterocycles. The number of ether oxygens (including phenoxy) is 1. The first kappa shape index (κ1) is 18.2. The lowest BCUT2D eigenvalue weighted by Crippen LogP contribution is -2.53. The number of carbonyl (C=O) groups is 1. The third kappa shape index (κ3) is 3.38. The number of piperidine rings is 3. The standard InChI is InChI=1S/C20H26BrFN2O2/c1-20(2)6-3-13-9-15(21)16(22)10-14(13)18(20)23-19(25)26-17-11-24-7-4-12(17)5-8-24/h9-10,12,17-18H,3-8,11H2,1-2H3,(H,23,25)/t17-,18+/m1/s1. The Balaban J connectivity index is 1.51. The maximum Gasteiger partial charge on any atom is 0.407 e. The molecular weight excluding hydrogens is 399 g/mol. The highest BCUT2D eigenvalue weighted by Gasteiger charge is 2.40. The predicted molar refractivity (Wildman–Crippen MR) is 102 cm³/mol. The highest BCUT2D eigenvalue weighted by molar-refractivity contribution is 9.10. The Morgan fingerprint density at radius 3 is 2.73 bits per heavy atom. The Hall–Kier alpha value is -1.14. The van der Waals surface area contributed by atoms with Gasteiger partial charge in [0.25, 0.3) is 0 Å². The van der Waals surface area contributed by atoms with Crippen LogP contribution < -0.4 is 5.32 Å². The molecule has 1 aromatic carbocycles. The number of fused-ring (bicyclic) bond motifs is 4. The first-order valence-corrected chi connectivity index (χ1v) is 10.3. The van der Waals surface area contributed by atoms with Gasteiger partial charge in [0.05, 0.1) is 10.5 Å². The van der Waals surface area contributed by atoms with Gasteiger partial charge in [0.2, 0.25) is 0 Å². The number of aryl methyl sites for hydroxylation is 1. The van der Waals surface area contributed by atoms with Crippen LogP contribution in [0.4, 0.5) is 9.18 Å². The molecule has 1 aromatic rings. The van der Waals surface area contributed by atoms with Crippen molar-refractivity contribution in [1.82, 2.24) is 10.2 Å². The summed E-state index contributed by atoms with van der Waals surface area (Å²) < 4.78 is 20.4. The minimum Gasteiger partial charge on any atom is -0.445 e. The van der Waals surface area contributed by atoms with Gasteiger partial charge >= 0.3 is 6.09 Å². The van der Waals surface area contributed by atoms with Crippen LogP contribution in [0.15, 0.2) is 16.6 Å². The second kappa shape index (κ2) is 6.79. The van der Waals surface area contributed by atoms with Crippen LogP contribution in [0.5, 0.6) is 0 Å². The highest BCUT2D eigenvalue weighted by atomic mass is 79.9. The highest BCUT2D eigenvalue weighted by Crippen LogP contribution is 2.44. The molecule has 2 bridgehead atoms. The third-order valence-corrected chi connectivity index (χ3v) is 7.04. The summed E-state index contributed by atoms with van der Waals surface area (Å²) >= 11 is 3.27. The Labute approximate surface area is 162 Å². The SMILES string of the molecule is CC1(C)CCc2cc(Br)c(F)cc2[C@@H]1NC(=O)O[C@@H]1CN2CCC1CC2. The summed E-state index contributed by atoms with van der Waals surface area (Å²) in [6.45, 7) is 7.31. The summed E-state index contributed by atoms with van der Waals surface area (Å²) in [5.41, 5.74) is 1.81. The second-order valence-electron chi connectivity index (χ2n) is 8.61. The molecule has 1 N–H and O–H groups in total. The number of alkyl carbamates (subject to hydrolysis) is 1. The monoisotopic (exact) mass is 424 g/mol. The summed E-state index contributed by atoms with van der Waals surface area (Å²) in [6, 6.07) is 3.15. The summed E-state index contributed by atoms with van der Waals surface area (Å²) in [5.74, 6) is 0.185. The molecule has 4 aliphatic rings. The summed E-state index contributed by atoms with van der Waals surface area (Å²) in [4.78, 5) is 15.0. The van der Waals surface area contributed by atoms with Crippen LogP contribution in [0, 0.1) is 17.2 Å². The number of amides is 1. The van der Waals surface area contributed by atoms with E-state index in [-0.39, 0.29) is 29.5 Å². The van der Waals surface area contributed by atoms with Crippen LogP contribution in [-0.4, -0.2) is 36.7 Å². The van der Waals surface area contributed by atoms with Crippen molar-refractivity contribution in [2.24, 2.45) is 11.3 Å². The molecule has 3 saturated heterocycles. The van der Waals surface area contributed by atoms with Crippen LogP contribution in [0.1, 0.15) is 50.3 Å². The lowest BCUT2D eigenvalue weighted by Gasteiger charge is -2.44. The van der Waals surface area contributed by atoms with Gasteiger partial charge in [0.15, 0.2) is 0 Å². The lowest BCUT2D eigenvalue weighted by molar-refractivity contribution is -0.0353. The zero-order valence-corrected chi connectivity index (χ0v) is 16.9. The van der Waals surface area contributed by atoms with E-state index in [0.717, 1.165) is 56.4 Å². The van der Waals surface area contributed by atoms with Gasteiger partial charge in [-0.25, -0.2) is 9.18 Å². The Morgan fingerprint density at radius 2 is 2.08 bits per heavy atom. The fraction of sp³-hybridized carbons (Fsp3) is 0.650. The van der Waals surface area contributed by atoms with Gasteiger partial charge in [0.1, 0.15) is 11.9 Å². The van der Waals surface area contributed by atoms with E-state index in [1.165, 1.54) is 0 Å². The number of halogens is 2. The van der Waals surface area contributed by atoms with Crippen molar-refractivity contribution in [2.75, 3.05) is 19.6 Å². The number of hydrogen-bond donors (Lipinski definition) is 1. The molecule has 0 radical (unpaired) electrons. The fourth-order valence-electron chi connectivity index (χ4n) is 4.72. The lowest BCUT2D eigenvalue weighted by atomic mass is 9.70. The normalized spacial score (nSPS) is 32.0. The molecule has 5 rings (SSSR count). The maximum atomic E-state index is 14.1. The van der Waals surface area contributed by atoms with Crippen LogP contribution in [0.25, 0.3) is 0 Å². The average molecular weight is 425 g/mol. The molecule has 3 fully saturated rings. The van der Waals surface area contributed by atoms with E-state index in [9.17, 15) is 9.18 Å².